The fourth-order valence-electron chi connectivity index (χ4n) is 1.14. The molecule has 0 aliphatic heterocycles. The van der Waals surface area contributed by atoms with Gasteiger partial charge in [0.2, 0.25) is 0 Å². The molecule has 0 aliphatic carbocycles. The molecule has 1 aromatic carbocycles. The van der Waals surface area contributed by atoms with Gasteiger partial charge in [-0.1, -0.05) is 23.8 Å². The molecule has 1 rings (SSSR count). The van der Waals surface area contributed by atoms with Crippen LogP contribution >= 0.6 is 11.6 Å². The molecule has 1 aromatic rings. The first-order valence-corrected chi connectivity index (χ1v) is 4.98. The van der Waals surface area contributed by atoms with E-state index in [9.17, 15) is 4.79 Å². The van der Waals surface area contributed by atoms with E-state index < -0.39 is 0 Å². The molecule has 0 radical (unpaired) electrons. The van der Waals surface area contributed by atoms with E-state index in [1.165, 1.54) is 7.11 Å². The highest BCUT2D eigenvalue weighted by Gasteiger charge is 2.00. The van der Waals surface area contributed by atoms with Gasteiger partial charge in [0.05, 0.1) is 25.2 Å². The minimum Gasteiger partial charge on any atom is -0.469 e. The molecule has 16 heavy (non-hydrogen) atoms. The minimum atomic E-state index is -0.322. The number of benzene rings is 1. The predicted molar refractivity (Wildman–Crippen MR) is 61.8 cm³/mol. The van der Waals surface area contributed by atoms with Gasteiger partial charge in [-0.25, -0.2) is 0 Å². The zero-order valence-corrected chi connectivity index (χ0v) is 9.49. The number of carbonyl (C=O) groups excluding carboxylic acids is 1. The SMILES string of the molecule is COC(=O)CC=Cc1cc(Cl)ccc1C#N. The van der Waals surface area contributed by atoms with Gasteiger partial charge in [-0.2, -0.15) is 5.26 Å². The highest BCUT2D eigenvalue weighted by Crippen LogP contribution is 2.17. The lowest BCUT2D eigenvalue weighted by Crippen LogP contribution is -1.96. The monoisotopic (exact) mass is 235 g/mol. The molecule has 0 N–H and O–H groups in total. The molecule has 0 bridgehead atoms. The van der Waals surface area contributed by atoms with E-state index in [1.54, 1.807) is 30.4 Å². The van der Waals surface area contributed by atoms with Crippen LogP contribution in [-0.4, -0.2) is 13.1 Å². The van der Waals surface area contributed by atoms with E-state index in [4.69, 9.17) is 16.9 Å². The zero-order chi connectivity index (χ0) is 12.0. The number of hydrogen-bond acceptors (Lipinski definition) is 3. The minimum absolute atomic E-state index is 0.174. The summed E-state index contributed by atoms with van der Waals surface area (Å²) in [5.74, 6) is -0.322. The molecular formula is C12H10ClNO2. The van der Waals surface area contributed by atoms with Gasteiger partial charge in [-0.05, 0) is 23.8 Å². The average molecular weight is 236 g/mol. The van der Waals surface area contributed by atoms with E-state index in [2.05, 4.69) is 4.74 Å². The topological polar surface area (TPSA) is 50.1 Å². The van der Waals surface area contributed by atoms with E-state index in [1.807, 2.05) is 6.07 Å². The molecule has 3 nitrogen and oxygen atoms in total. The lowest BCUT2D eigenvalue weighted by Gasteiger charge is -1.98. The second-order valence-corrected chi connectivity index (χ2v) is 3.46. The summed E-state index contributed by atoms with van der Waals surface area (Å²) in [6.07, 6.45) is 3.49. The number of hydrogen-bond donors (Lipinski definition) is 0. The number of nitriles is 1. The van der Waals surface area contributed by atoms with Crippen LogP contribution in [0.25, 0.3) is 6.08 Å². The Hall–Kier alpha value is -1.79. The molecular weight excluding hydrogens is 226 g/mol. The molecule has 0 unspecified atom stereocenters. The number of nitrogens with zero attached hydrogens (tertiary/aromatic N) is 1. The van der Waals surface area contributed by atoms with Crippen LogP contribution in [0.15, 0.2) is 24.3 Å². The molecule has 0 fully saturated rings. The molecule has 0 saturated heterocycles. The Morgan fingerprint density at radius 1 is 1.62 bits per heavy atom. The van der Waals surface area contributed by atoms with Crippen LogP contribution in [0.5, 0.6) is 0 Å². The zero-order valence-electron chi connectivity index (χ0n) is 8.74. The highest BCUT2D eigenvalue weighted by molar-refractivity contribution is 6.30. The third-order valence-electron chi connectivity index (χ3n) is 1.94. The summed E-state index contributed by atoms with van der Waals surface area (Å²) in [6, 6.07) is 7.01. The molecule has 82 valence electrons. The standard InChI is InChI=1S/C12H10ClNO2/c1-16-12(15)4-2-3-9-7-11(13)6-5-10(9)8-14/h2-3,5-7H,4H2,1H3. The largest absolute Gasteiger partial charge is 0.469 e. The molecule has 0 atom stereocenters. The Morgan fingerprint density at radius 3 is 3.00 bits per heavy atom. The Labute approximate surface area is 98.9 Å². The van der Waals surface area contributed by atoms with Crippen LogP contribution in [0.4, 0.5) is 0 Å². The number of ether oxygens (including phenoxy) is 1. The van der Waals surface area contributed by atoms with Crippen LogP contribution in [-0.2, 0) is 9.53 Å². The molecule has 0 aliphatic rings. The average Bonchev–Trinajstić information content (AvgIpc) is 2.29. The second kappa shape index (κ2) is 5.94. The van der Waals surface area contributed by atoms with Gasteiger partial charge in [0.1, 0.15) is 0 Å². The van der Waals surface area contributed by atoms with Crippen molar-refractivity contribution in [2.24, 2.45) is 0 Å². The highest BCUT2D eigenvalue weighted by atomic mass is 35.5. The molecule has 0 amide bonds. The van der Waals surface area contributed by atoms with Crippen molar-refractivity contribution in [3.05, 3.63) is 40.4 Å². The maximum atomic E-state index is 10.9. The number of carbonyl (C=O) groups is 1. The van der Waals surface area contributed by atoms with Gasteiger partial charge in [-0.15, -0.1) is 0 Å². The number of methoxy groups -OCH3 is 1. The first kappa shape index (κ1) is 12.3. The number of esters is 1. The van der Waals surface area contributed by atoms with Crippen LogP contribution in [0.3, 0.4) is 0 Å². The van der Waals surface area contributed by atoms with Gasteiger partial charge in [0, 0.05) is 5.02 Å². The van der Waals surface area contributed by atoms with Crippen molar-refractivity contribution in [3.8, 4) is 6.07 Å². The van der Waals surface area contributed by atoms with Crippen LogP contribution in [0.1, 0.15) is 17.5 Å². The fraction of sp³-hybridized carbons (Fsp3) is 0.167. The summed E-state index contributed by atoms with van der Waals surface area (Å²) in [5.41, 5.74) is 1.21. The van der Waals surface area contributed by atoms with E-state index in [0.29, 0.717) is 16.1 Å². The molecule has 0 aromatic heterocycles. The van der Waals surface area contributed by atoms with Crippen molar-refractivity contribution in [3.63, 3.8) is 0 Å². The lowest BCUT2D eigenvalue weighted by molar-refractivity contribution is -0.139. The molecule has 0 spiro atoms. The quantitative estimate of drug-likeness (QED) is 0.757. The first-order valence-electron chi connectivity index (χ1n) is 4.60. The van der Waals surface area contributed by atoms with E-state index >= 15 is 0 Å². The Morgan fingerprint density at radius 2 is 2.38 bits per heavy atom. The normalized spacial score (nSPS) is 10.1. The summed E-state index contributed by atoms with van der Waals surface area (Å²) in [5, 5.41) is 9.40. The predicted octanol–water partition coefficient (Wildman–Crippen LogP) is 2.79. The van der Waals surface area contributed by atoms with Gasteiger partial charge in [-0.3, -0.25) is 4.79 Å². The van der Waals surface area contributed by atoms with Crippen LogP contribution in [0.2, 0.25) is 5.02 Å². The van der Waals surface area contributed by atoms with E-state index in [0.717, 1.165) is 0 Å². The Kier molecular flexibility index (Phi) is 4.56. The van der Waals surface area contributed by atoms with Crippen LogP contribution < -0.4 is 0 Å². The second-order valence-electron chi connectivity index (χ2n) is 3.03. The van der Waals surface area contributed by atoms with Crippen molar-refractivity contribution in [2.45, 2.75) is 6.42 Å². The summed E-state index contributed by atoms with van der Waals surface area (Å²) in [6.45, 7) is 0. The first-order chi connectivity index (χ1) is 7.67. The van der Waals surface area contributed by atoms with Crippen molar-refractivity contribution in [1.82, 2.24) is 0 Å². The molecule has 4 heteroatoms. The van der Waals surface area contributed by atoms with Gasteiger partial charge in [0.15, 0.2) is 0 Å². The Balaban J connectivity index is 2.84. The maximum Gasteiger partial charge on any atom is 0.309 e. The third-order valence-corrected chi connectivity index (χ3v) is 2.18. The third kappa shape index (κ3) is 3.41. The smallest absolute Gasteiger partial charge is 0.309 e. The summed E-state index contributed by atoms with van der Waals surface area (Å²) >= 11 is 5.81. The Bertz CT molecular complexity index is 461. The number of halogens is 1. The van der Waals surface area contributed by atoms with Crippen molar-refractivity contribution in [2.75, 3.05) is 7.11 Å². The molecule has 0 heterocycles. The maximum absolute atomic E-state index is 10.9. The van der Waals surface area contributed by atoms with E-state index in [-0.39, 0.29) is 12.4 Å². The fourth-order valence-corrected chi connectivity index (χ4v) is 1.32. The summed E-state index contributed by atoms with van der Waals surface area (Å²) in [7, 11) is 1.33. The molecule has 0 saturated carbocycles. The van der Waals surface area contributed by atoms with Gasteiger partial charge < -0.3 is 4.74 Å². The van der Waals surface area contributed by atoms with Crippen LogP contribution in [0, 0.1) is 11.3 Å². The van der Waals surface area contributed by atoms with Crippen molar-refractivity contribution in [1.29, 1.82) is 5.26 Å². The number of rotatable bonds is 3. The van der Waals surface area contributed by atoms with Gasteiger partial charge in [0.25, 0.3) is 0 Å². The van der Waals surface area contributed by atoms with Crippen molar-refractivity contribution >= 4 is 23.6 Å². The van der Waals surface area contributed by atoms with Gasteiger partial charge >= 0.3 is 5.97 Å². The summed E-state index contributed by atoms with van der Waals surface area (Å²) in [4.78, 5) is 10.9. The lowest BCUT2D eigenvalue weighted by atomic mass is 10.1. The van der Waals surface area contributed by atoms with Crippen molar-refractivity contribution < 1.29 is 9.53 Å². The summed E-state index contributed by atoms with van der Waals surface area (Å²) < 4.78 is 4.49.